The van der Waals surface area contributed by atoms with Crippen molar-refractivity contribution in [2.24, 2.45) is 17.8 Å². The van der Waals surface area contributed by atoms with Crippen LogP contribution in [0.1, 0.15) is 19.3 Å². The molecule has 1 fully saturated rings. The number of quaternary nitrogens is 1. The fourth-order valence-corrected chi connectivity index (χ4v) is 2.87. The Labute approximate surface area is 86.7 Å². The SMILES string of the molecule is COCCC[NH2+]C[C@@H]1C[C@H]2C=C[C@@H]1C2. The molecule has 0 aromatic carbocycles. The molecule has 14 heavy (non-hydrogen) atoms. The normalized spacial score (nSPS) is 34.2. The Morgan fingerprint density at radius 2 is 2.29 bits per heavy atom. The second kappa shape index (κ2) is 4.94. The summed E-state index contributed by atoms with van der Waals surface area (Å²) in [5.74, 6) is 2.81. The zero-order chi connectivity index (χ0) is 9.80. The van der Waals surface area contributed by atoms with Crippen LogP contribution in [0.3, 0.4) is 0 Å². The van der Waals surface area contributed by atoms with Crippen molar-refractivity contribution in [1.29, 1.82) is 0 Å². The van der Waals surface area contributed by atoms with Crippen LogP contribution in [0.4, 0.5) is 0 Å². The highest BCUT2D eigenvalue weighted by molar-refractivity contribution is 5.09. The van der Waals surface area contributed by atoms with Gasteiger partial charge in [0.05, 0.1) is 19.7 Å². The van der Waals surface area contributed by atoms with Crippen LogP contribution in [0.2, 0.25) is 0 Å². The minimum Gasteiger partial charge on any atom is -0.384 e. The molecule has 2 nitrogen and oxygen atoms in total. The number of hydrogen-bond acceptors (Lipinski definition) is 1. The van der Waals surface area contributed by atoms with E-state index in [4.69, 9.17) is 4.74 Å². The molecule has 0 amide bonds. The Hall–Kier alpha value is -0.340. The molecule has 0 saturated heterocycles. The van der Waals surface area contributed by atoms with Crippen LogP contribution in [-0.4, -0.2) is 26.8 Å². The van der Waals surface area contributed by atoms with Gasteiger partial charge in [-0.05, 0) is 24.7 Å². The fraction of sp³-hybridized carbons (Fsp3) is 0.833. The highest BCUT2D eigenvalue weighted by Gasteiger charge is 2.36. The van der Waals surface area contributed by atoms with Crippen molar-refractivity contribution in [2.75, 3.05) is 26.8 Å². The van der Waals surface area contributed by atoms with E-state index in [-0.39, 0.29) is 0 Å². The highest BCUT2D eigenvalue weighted by atomic mass is 16.5. The number of fused-ring (bicyclic) bond motifs is 2. The summed E-state index contributed by atoms with van der Waals surface area (Å²) < 4.78 is 5.03. The maximum Gasteiger partial charge on any atom is 0.0789 e. The summed E-state index contributed by atoms with van der Waals surface area (Å²) in [5, 5.41) is 2.47. The third-order valence-electron chi connectivity index (χ3n) is 3.64. The quantitative estimate of drug-likeness (QED) is 0.493. The van der Waals surface area contributed by atoms with E-state index in [0.29, 0.717) is 0 Å². The Bertz CT molecular complexity index is 202. The van der Waals surface area contributed by atoms with Gasteiger partial charge in [-0.2, -0.15) is 0 Å². The van der Waals surface area contributed by atoms with Crippen molar-refractivity contribution in [2.45, 2.75) is 19.3 Å². The van der Waals surface area contributed by atoms with Gasteiger partial charge in [-0.15, -0.1) is 0 Å². The second-order valence-electron chi connectivity index (χ2n) is 4.70. The van der Waals surface area contributed by atoms with Crippen LogP contribution >= 0.6 is 0 Å². The summed E-state index contributed by atoms with van der Waals surface area (Å²) in [6.45, 7) is 3.47. The van der Waals surface area contributed by atoms with Crippen LogP contribution in [0.5, 0.6) is 0 Å². The molecular formula is C12H22NO+. The van der Waals surface area contributed by atoms with Crippen LogP contribution in [0.15, 0.2) is 12.2 Å². The largest absolute Gasteiger partial charge is 0.384 e. The molecule has 3 atom stereocenters. The zero-order valence-electron chi connectivity index (χ0n) is 9.11. The first-order valence-corrected chi connectivity index (χ1v) is 5.89. The van der Waals surface area contributed by atoms with Gasteiger partial charge >= 0.3 is 0 Å². The number of ether oxygens (including phenoxy) is 1. The first-order chi connectivity index (χ1) is 6.90. The molecule has 0 spiro atoms. The lowest BCUT2D eigenvalue weighted by molar-refractivity contribution is -0.661. The van der Waals surface area contributed by atoms with Gasteiger partial charge in [-0.1, -0.05) is 12.2 Å². The third kappa shape index (κ3) is 2.37. The van der Waals surface area contributed by atoms with Gasteiger partial charge in [-0.3, -0.25) is 0 Å². The van der Waals surface area contributed by atoms with Gasteiger partial charge in [0.15, 0.2) is 0 Å². The average Bonchev–Trinajstić information content (AvgIpc) is 2.79. The van der Waals surface area contributed by atoms with Crippen molar-refractivity contribution in [3.05, 3.63) is 12.2 Å². The van der Waals surface area contributed by atoms with Crippen LogP contribution < -0.4 is 5.32 Å². The van der Waals surface area contributed by atoms with Crippen LogP contribution in [0, 0.1) is 17.8 Å². The Kier molecular flexibility index (Phi) is 3.60. The molecule has 2 N–H and O–H groups in total. The van der Waals surface area contributed by atoms with Gasteiger partial charge in [0.2, 0.25) is 0 Å². The lowest BCUT2D eigenvalue weighted by Crippen LogP contribution is -2.85. The second-order valence-corrected chi connectivity index (χ2v) is 4.70. The molecule has 2 aliphatic carbocycles. The van der Waals surface area contributed by atoms with Gasteiger partial charge < -0.3 is 10.1 Å². The van der Waals surface area contributed by atoms with Crippen molar-refractivity contribution < 1.29 is 10.1 Å². The number of nitrogens with two attached hydrogens (primary N) is 1. The van der Waals surface area contributed by atoms with Gasteiger partial charge in [-0.25, -0.2) is 0 Å². The molecule has 2 heteroatoms. The summed E-state index contributed by atoms with van der Waals surface area (Å²) in [5.41, 5.74) is 0. The molecule has 2 bridgehead atoms. The Morgan fingerprint density at radius 3 is 2.93 bits per heavy atom. The van der Waals surface area contributed by atoms with E-state index < -0.39 is 0 Å². The number of rotatable bonds is 6. The monoisotopic (exact) mass is 196 g/mol. The summed E-state index contributed by atoms with van der Waals surface area (Å²) >= 11 is 0. The zero-order valence-corrected chi connectivity index (χ0v) is 9.11. The molecule has 0 aromatic rings. The molecule has 0 heterocycles. The minimum absolute atomic E-state index is 0.910. The van der Waals surface area contributed by atoms with Gasteiger partial charge in [0.25, 0.3) is 0 Å². The molecule has 0 aromatic heterocycles. The maximum absolute atomic E-state index is 5.03. The lowest BCUT2D eigenvalue weighted by Gasteiger charge is -2.15. The maximum atomic E-state index is 5.03. The van der Waals surface area contributed by atoms with E-state index in [0.717, 1.165) is 24.4 Å². The molecular weight excluding hydrogens is 174 g/mol. The van der Waals surface area contributed by atoms with E-state index in [1.165, 1.54) is 32.4 Å². The van der Waals surface area contributed by atoms with Gasteiger partial charge in [0.1, 0.15) is 0 Å². The number of hydrogen-bond donors (Lipinski definition) is 1. The Morgan fingerprint density at radius 1 is 1.36 bits per heavy atom. The number of allylic oxidation sites excluding steroid dienone is 2. The molecule has 0 aliphatic heterocycles. The summed E-state index contributed by atoms with van der Waals surface area (Å²) in [4.78, 5) is 0. The van der Waals surface area contributed by atoms with E-state index >= 15 is 0 Å². The molecule has 2 rings (SSSR count). The van der Waals surface area contributed by atoms with Crippen molar-refractivity contribution in [1.82, 2.24) is 0 Å². The molecule has 80 valence electrons. The third-order valence-corrected chi connectivity index (χ3v) is 3.64. The predicted octanol–water partition coefficient (Wildman–Crippen LogP) is 0.798. The van der Waals surface area contributed by atoms with Gasteiger partial charge in [0, 0.05) is 19.4 Å². The summed E-state index contributed by atoms with van der Waals surface area (Å²) in [6, 6.07) is 0. The highest BCUT2D eigenvalue weighted by Crippen LogP contribution is 2.42. The van der Waals surface area contributed by atoms with Crippen LogP contribution in [-0.2, 0) is 4.74 Å². The van der Waals surface area contributed by atoms with E-state index in [1.54, 1.807) is 7.11 Å². The fourth-order valence-electron chi connectivity index (χ4n) is 2.87. The lowest BCUT2D eigenvalue weighted by atomic mass is 9.94. The van der Waals surface area contributed by atoms with E-state index in [2.05, 4.69) is 17.5 Å². The molecule has 0 unspecified atom stereocenters. The molecule has 2 aliphatic rings. The molecule has 1 saturated carbocycles. The molecule has 0 radical (unpaired) electrons. The van der Waals surface area contributed by atoms with Crippen LogP contribution in [0.25, 0.3) is 0 Å². The first-order valence-electron chi connectivity index (χ1n) is 5.89. The first kappa shape index (κ1) is 10.2. The van der Waals surface area contributed by atoms with E-state index in [9.17, 15) is 0 Å². The smallest absolute Gasteiger partial charge is 0.0789 e. The minimum atomic E-state index is 0.910. The average molecular weight is 196 g/mol. The van der Waals surface area contributed by atoms with E-state index in [1.807, 2.05) is 0 Å². The topological polar surface area (TPSA) is 25.8 Å². The summed E-state index contributed by atoms with van der Waals surface area (Å²) in [6.07, 6.45) is 8.94. The van der Waals surface area contributed by atoms with Crippen molar-refractivity contribution in [3.63, 3.8) is 0 Å². The van der Waals surface area contributed by atoms with Crippen molar-refractivity contribution >= 4 is 0 Å². The summed E-state index contributed by atoms with van der Waals surface area (Å²) in [7, 11) is 1.78. The number of methoxy groups -OCH3 is 1. The standard InChI is InChI=1S/C12H21NO/c1-14-6-2-5-13-9-12-8-10-3-4-11(12)7-10/h3-4,10-13H,2,5-9H2,1H3/p+1/t10-,11+,12-/m0/s1. The predicted molar refractivity (Wildman–Crippen MR) is 57.0 cm³/mol. The Balaban J connectivity index is 1.56. The van der Waals surface area contributed by atoms with Crippen molar-refractivity contribution in [3.8, 4) is 0 Å².